The monoisotopic (exact) mass is 355 g/mol. The molecule has 1 aromatic carbocycles. The molecule has 1 heterocycles. The van der Waals surface area contributed by atoms with Crippen LogP contribution < -0.4 is 0 Å². The summed E-state index contributed by atoms with van der Waals surface area (Å²) >= 11 is 5.52. The predicted octanol–water partition coefficient (Wildman–Crippen LogP) is 1.51. The lowest BCUT2D eigenvalue weighted by Gasteiger charge is -2.25. The average Bonchev–Trinajstić information content (AvgIpc) is 2.99. The summed E-state index contributed by atoms with van der Waals surface area (Å²) in [5.41, 5.74) is 0.806. The minimum absolute atomic E-state index is 0.0248. The number of carbonyl (C=O) groups is 2. The van der Waals surface area contributed by atoms with Gasteiger partial charge in [-0.15, -0.1) is 16.5 Å². The van der Waals surface area contributed by atoms with Gasteiger partial charge in [0.05, 0.1) is 17.9 Å². The van der Waals surface area contributed by atoms with Crippen LogP contribution in [0.25, 0.3) is 0 Å². The standard InChI is InChI=1S/C15H18ClN3O5/c16-6-7-19(17-23)15(22)18-9-12(20)8-13(18)14(21)24-10-11-4-2-1-3-5-11/h1-5,12-13,20H,6-10H2/t12-,13+/m1/s1. The Labute approximate surface area is 143 Å². The number of halogens is 1. The Balaban J connectivity index is 2.02. The number of β-amino-alcohol motifs (C(OH)–C–C–N with tert-alkyl or cyclic N) is 1. The molecule has 1 saturated heterocycles. The van der Waals surface area contributed by atoms with Gasteiger partial charge in [-0.1, -0.05) is 30.3 Å². The van der Waals surface area contributed by atoms with Crippen LogP contribution in [0.5, 0.6) is 0 Å². The maximum atomic E-state index is 12.3. The molecule has 1 N–H and O–H groups in total. The summed E-state index contributed by atoms with van der Waals surface area (Å²) in [5.74, 6) is -0.614. The summed E-state index contributed by atoms with van der Waals surface area (Å²) in [4.78, 5) is 36.4. The van der Waals surface area contributed by atoms with E-state index in [1.165, 1.54) is 0 Å². The highest BCUT2D eigenvalue weighted by atomic mass is 35.5. The molecule has 24 heavy (non-hydrogen) atoms. The number of aliphatic hydroxyl groups is 1. The molecule has 2 amide bonds. The molecule has 0 aromatic heterocycles. The maximum absolute atomic E-state index is 12.3. The zero-order valence-electron chi connectivity index (χ0n) is 12.9. The third-order valence-corrected chi connectivity index (χ3v) is 3.81. The van der Waals surface area contributed by atoms with Gasteiger partial charge in [-0.05, 0) is 5.56 Å². The number of amides is 2. The highest BCUT2D eigenvalue weighted by Gasteiger charge is 2.42. The number of esters is 1. The Bertz CT molecular complexity index is 586. The molecular formula is C15H18ClN3O5. The van der Waals surface area contributed by atoms with Gasteiger partial charge in [0, 0.05) is 18.8 Å². The molecule has 1 fully saturated rings. The van der Waals surface area contributed by atoms with Crippen molar-refractivity contribution in [2.45, 2.75) is 25.2 Å². The Hall–Kier alpha value is -2.19. The highest BCUT2D eigenvalue weighted by molar-refractivity contribution is 6.18. The number of ether oxygens (including phenoxy) is 1. The SMILES string of the molecule is O=NN(CCCl)C(=O)N1C[C@H](O)C[C@H]1C(=O)OCc1ccccc1. The van der Waals surface area contributed by atoms with Gasteiger partial charge in [0.2, 0.25) is 0 Å². The summed E-state index contributed by atoms with van der Waals surface area (Å²) in [5, 5.41) is 13.0. The number of benzene rings is 1. The molecule has 0 unspecified atom stereocenters. The fourth-order valence-electron chi connectivity index (χ4n) is 2.47. The summed E-state index contributed by atoms with van der Waals surface area (Å²) in [7, 11) is 0. The maximum Gasteiger partial charge on any atom is 0.343 e. The van der Waals surface area contributed by atoms with Crippen molar-refractivity contribution in [2.75, 3.05) is 19.0 Å². The zero-order valence-corrected chi connectivity index (χ0v) is 13.6. The van der Waals surface area contributed by atoms with E-state index >= 15 is 0 Å². The average molecular weight is 356 g/mol. The molecule has 9 heteroatoms. The second-order valence-electron chi connectivity index (χ2n) is 5.33. The van der Waals surface area contributed by atoms with Crippen LogP contribution in [-0.4, -0.2) is 58.1 Å². The summed E-state index contributed by atoms with van der Waals surface area (Å²) in [6.07, 6.45) is -0.819. The number of hydrogen-bond donors (Lipinski definition) is 1. The Morgan fingerprint density at radius 1 is 1.38 bits per heavy atom. The van der Waals surface area contributed by atoms with E-state index in [0.717, 1.165) is 10.5 Å². The number of hydrogen-bond acceptors (Lipinski definition) is 6. The van der Waals surface area contributed by atoms with Gasteiger partial charge in [-0.3, -0.25) is 0 Å². The summed E-state index contributed by atoms with van der Waals surface area (Å²) in [6.45, 7) is -0.0911. The normalized spacial score (nSPS) is 19.8. The van der Waals surface area contributed by atoms with Gasteiger partial charge in [0.1, 0.15) is 12.6 Å². The number of urea groups is 1. The van der Waals surface area contributed by atoms with Gasteiger partial charge in [-0.2, -0.15) is 5.01 Å². The van der Waals surface area contributed by atoms with Crippen molar-refractivity contribution in [1.82, 2.24) is 9.91 Å². The van der Waals surface area contributed by atoms with Gasteiger partial charge in [0.15, 0.2) is 0 Å². The molecule has 0 aliphatic carbocycles. The Morgan fingerprint density at radius 3 is 2.71 bits per heavy atom. The van der Waals surface area contributed by atoms with Crippen LogP contribution in [0, 0.1) is 4.91 Å². The zero-order chi connectivity index (χ0) is 17.5. The third kappa shape index (κ3) is 4.42. The largest absolute Gasteiger partial charge is 0.459 e. The van der Waals surface area contributed by atoms with Crippen molar-refractivity contribution in [2.24, 2.45) is 5.29 Å². The van der Waals surface area contributed by atoms with Gasteiger partial charge in [0.25, 0.3) is 0 Å². The molecule has 2 atom stereocenters. The van der Waals surface area contributed by atoms with E-state index in [2.05, 4.69) is 5.29 Å². The molecule has 2 rings (SSSR count). The summed E-state index contributed by atoms with van der Waals surface area (Å²) in [6, 6.07) is 7.35. The van der Waals surface area contributed by atoms with Crippen LogP contribution in [-0.2, 0) is 16.1 Å². The number of rotatable bonds is 6. The molecule has 0 saturated carbocycles. The topological polar surface area (TPSA) is 99.5 Å². The van der Waals surface area contributed by atoms with Crippen molar-refractivity contribution in [1.29, 1.82) is 0 Å². The smallest absolute Gasteiger partial charge is 0.343 e. The molecule has 8 nitrogen and oxygen atoms in total. The highest BCUT2D eigenvalue weighted by Crippen LogP contribution is 2.21. The molecule has 0 bridgehead atoms. The van der Waals surface area contributed by atoms with E-state index in [1.54, 1.807) is 12.1 Å². The van der Waals surface area contributed by atoms with Crippen molar-refractivity contribution in [3.63, 3.8) is 0 Å². The van der Waals surface area contributed by atoms with E-state index in [0.29, 0.717) is 5.01 Å². The first-order valence-electron chi connectivity index (χ1n) is 7.42. The first-order valence-corrected chi connectivity index (χ1v) is 7.96. The van der Waals surface area contributed by atoms with E-state index in [1.807, 2.05) is 18.2 Å². The molecular weight excluding hydrogens is 338 g/mol. The first kappa shape index (κ1) is 18.2. The number of nitrogens with zero attached hydrogens (tertiary/aromatic N) is 3. The fraction of sp³-hybridized carbons (Fsp3) is 0.467. The van der Waals surface area contributed by atoms with Crippen LogP contribution in [0.1, 0.15) is 12.0 Å². The van der Waals surface area contributed by atoms with Crippen LogP contribution >= 0.6 is 11.6 Å². The van der Waals surface area contributed by atoms with Gasteiger partial charge < -0.3 is 14.7 Å². The molecule has 130 valence electrons. The van der Waals surface area contributed by atoms with Crippen molar-refractivity contribution in [3.05, 3.63) is 40.8 Å². The van der Waals surface area contributed by atoms with E-state index in [4.69, 9.17) is 16.3 Å². The Morgan fingerprint density at radius 2 is 2.08 bits per heavy atom. The second kappa shape index (κ2) is 8.60. The third-order valence-electron chi connectivity index (χ3n) is 3.64. The number of carbonyl (C=O) groups excluding carboxylic acids is 2. The predicted molar refractivity (Wildman–Crippen MR) is 86.0 cm³/mol. The molecule has 1 aromatic rings. The van der Waals surface area contributed by atoms with Crippen molar-refractivity contribution in [3.8, 4) is 0 Å². The quantitative estimate of drug-likeness (QED) is 0.361. The molecule has 0 radical (unpaired) electrons. The fourth-order valence-corrected chi connectivity index (χ4v) is 2.63. The van der Waals surface area contributed by atoms with Crippen LogP contribution in [0.15, 0.2) is 35.6 Å². The Kier molecular flexibility index (Phi) is 6.51. The number of aliphatic hydroxyl groups excluding tert-OH is 1. The van der Waals surface area contributed by atoms with Crippen LogP contribution in [0.4, 0.5) is 4.79 Å². The lowest BCUT2D eigenvalue weighted by atomic mass is 10.2. The van der Waals surface area contributed by atoms with E-state index < -0.39 is 24.1 Å². The van der Waals surface area contributed by atoms with Crippen LogP contribution in [0.3, 0.4) is 0 Å². The molecule has 0 spiro atoms. The molecule has 1 aliphatic rings. The lowest BCUT2D eigenvalue weighted by molar-refractivity contribution is -0.149. The van der Waals surface area contributed by atoms with Crippen LogP contribution in [0.2, 0.25) is 0 Å². The van der Waals surface area contributed by atoms with E-state index in [9.17, 15) is 19.6 Å². The minimum atomic E-state index is -0.962. The summed E-state index contributed by atoms with van der Waals surface area (Å²) < 4.78 is 5.22. The van der Waals surface area contributed by atoms with Gasteiger partial charge in [-0.25, -0.2) is 9.59 Å². The van der Waals surface area contributed by atoms with Crippen molar-refractivity contribution < 1.29 is 19.4 Å². The lowest BCUT2D eigenvalue weighted by Crippen LogP contribution is -2.47. The second-order valence-corrected chi connectivity index (χ2v) is 5.71. The first-order chi connectivity index (χ1) is 11.6. The minimum Gasteiger partial charge on any atom is -0.459 e. The molecule has 1 aliphatic heterocycles. The number of nitroso groups, excluding NO2 is 1. The van der Waals surface area contributed by atoms with E-state index in [-0.39, 0.29) is 32.0 Å². The van der Waals surface area contributed by atoms with Gasteiger partial charge >= 0.3 is 12.0 Å². The van der Waals surface area contributed by atoms with Crippen molar-refractivity contribution >= 4 is 23.6 Å². The number of likely N-dealkylation sites (tertiary alicyclic amines) is 1. The number of alkyl halides is 1.